The van der Waals surface area contributed by atoms with Crippen molar-refractivity contribution in [2.24, 2.45) is 5.41 Å². The molecule has 0 saturated carbocycles. The van der Waals surface area contributed by atoms with Crippen LogP contribution in [0.2, 0.25) is 0 Å². The van der Waals surface area contributed by atoms with Crippen LogP contribution in [0, 0.1) is 21.3 Å². The molecule has 0 heterocycles. The van der Waals surface area contributed by atoms with E-state index in [1.165, 1.54) is 12.1 Å². The largest absolute Gasteiger partial charge is 0.396 e. The normalized spacial score (nSPS) is 11.3. The molecule has 0 aromatic heterocycles. The first-order chi connectivity index (χ1) is 7.85. The number of aliphatic hydroxyl groups is 1. The van der Waals surface area contributed by atoms with Gasteiger partial charge in [-0.3, -0.25) is 10.1 Å². The lowest BCUT2D eigenvalue weighted by Crippen LogP contribution is -2.27. The van der Waals surface area contributed by atoms with Crippen LogP contribution in [0.25, 0.3) is 0 Å². The Labute approximate surface area is 98.4 Å². The predicted molar refractivity (Wildman–Crippen MR) is 62.4 cm³/mol. The third-order valence-electron chi connectivity index (χ3n) is 2.35. The van der Waals surface area contributed by atoms with Gasteiger partial charge in [-0.15, -0.1) is 0 Å². The maximum atomic E-state index is 13.5. The Morgan fingerprint density at radius 3 is 2.65 bits per heavy atom. The van der Waals surface area contributed by atoms with E-state index < -0.39 is 10.7 Å². The van der Waals surface area contributed by atoms with Crippen LogP contribution in [0.3, 0.4) is 0 Å². The average Bonchev–Trinajstić information content (AvgIpc) is 2.27. The van der Waals surface area contributed by atoms with Gasteiger partial charge in [0.05, 0.1) is 16.7 Å². The summed E-state index contributed by atoms with van der Waals surface area (Å²) in [7, 11) is 0. The molecule has 0 radical (unpaired) electrons. The Balaban J connectivity index is 2.77. The van der Waals surface area contributed by atoms with Crippen molar-refractivity contribution < 1.29 is 14.4 Å². The number of hydrogen-bond acceptors (Lipinski definition) is 4. The Morgan fingerprint density at radius 2 is 2.18 bits per heavy atom. The summed E-state index contributed by atoms with van der Waals surface area (Å²) in [6.45, 7) is 3.99. The Bertz CT molecular complexity index is 421. The van der Waals surface area contributed by atoms with E-state index in [1.54, 1.807) is 0 Å². The van der Waals surface area contributed by atoms with Crippen molar-refractivity contribution in [3.8, 4) is 0 Å². The maximum Gasteiger partial charge on any atom is 0.272 e. The molecule has 0 aliphatic heterocycles. The highest BCUT2D eigenvalue weighted by atomic mass is 19.1. The van der Waals surface area contributed by atoms with E-state index in [4.69, 9.17) is 5.11 Å². The molecule has 1 aromatic rings. The molecule has 0 fully saturated rings. The quantitative estimate of drug-likeness (QED) is 0.613. The fourth-order valence-electron chi connectivity index (χ4n) is 1.15. The summed E-state index contributed by atoms with van der Waals surface area (Å²) < 4.78 is 13.5. The van der Waals surface area contributed by atoms with Crippen LogP contribution in [0.15, 0.2) is 18.2 Å². The van der Waals surface area contributed by atoms with Gasteiger partial charge in [-0.25, -0.2) is 4.39 Å². The van der Waals surface area contributed by atoms with Crippen LogP contribution in [0.5, 0.6) is 0 Å². The molecular weight excluding hydrogens is 227 g/mol. The molecule has 94 valence electrons. The van der Waals surface area contributed by atoms with Crippen LogP contribution in [-0.4, -0.2) is 23.2 Å². The molecule has 1 aromatic carbocycles. The van der Waals surface area contributed by atoms with Gasteiger partial charge in [0.25, 0.3) is 5.69 Å². The highest BCUT2D eigenvalue weighted by molar-refractivity contribution is 5.50. The van der Waals surface area contributed by atoms with Gasteiger partial charge in [-0.1, -0.05) is 13.8 Å². The summed E-state index contributed by atoms with van der Waals surface area (Å²) in [6, 6.07) is 3.42. The summed E-state index contributed by atoms with van der Waals surface area (Å²) in [5.74, 6) is -0.673. The van der Waals surface area contributed by atoms with Gasteiger partial charge in [0.2, 0.25) is 0 Å². The van der Waals surface area contributed by atoms with Crippen molar-refractivity contribution in [3.63, 3.8) is 0 Å². The van der Waals surface area contributed by atoms with E-state index in [9.17, 15) is 14.5 Å². The number of nitro groups is 1. The van der Waals surface area contributed by atoms with E-state index in [-0.39, 0.29) is 23.4 Å². The fourth-order valence-corrected chi connectivity index (χ4v) is 1.15. The van der Waals surface area contributed by atoms with Gasteiger partial charge in [-0.2, -0.15) is 0 Å². The average molecular weight is 242 g/mol. The van der Waals surface area contributed by atoms with Gasteiger partial charge in [-0.05, 0) is 6.07 Å². The van der Waals surface area contributed by atoms with E-state index in [0.29, 0.717) is 6.54 Å². The minimum Gasteiger partial charge on any atom is -0.396 e. The minimum absolute atomic E-state index is 0.0331. The SMILES string of the molecule is CC(C)(CO)CNc1ccc([N+](=O)[O-])cc1F. The van der Waals surface area contributed by atoms with Crippen LogP contribution < -0.4 is 5.32 Å². The molecule has 0 spiro atoms. The van der Waals surface area contributed by atoms with Crippen molar-refractivity contribution in [3.05, 3.63) is 34.1 Å². The molecule has 17 heavy (non-hydrogen) atoms. The zero-order chi connectivity index (χ0) is 13.1. The molecule has 0 bridgehead atoms. The molecule has 0 amide bonds. The lowest BCUT2D eigenvalue weighted by atomic mass is 9.95. The first-order valence-electron chi connectivity index (χ1n) is 5.14. The van der Waals surface area contributed by atoms with E-state index >= 15 is 0 Å². The molecule has 2 N–H and O–H groups in total. The second-order valence-electron chi connectivity index (χ2n) is 4.60. The Morgan fingerprint density at radius 1 is 1.53 bits per heavy atom. The van der Waals surface area contributed by atoms with E-state index in [1.807, 2.05) is 13.8 Å². The van der Waals surface area contributed by atoms with Crippen molar-refractivity contribution >= 4 is 11.4 Å². The number of nitrogens with zero attached hydrogens (tertiary/aromatic N) is 1. The van der Waals surface area contributed by atoms with Crippen LogP contribution in [0.4, 0.5) is 15.8 Å². The summed E-state index contributed by atoms with van der Waals surface area (Å²) in [5, 5.41) is 22.3. The minimum atomic E-state index is -0.673. The number of aliphatic hydroxyl groups excluding tert-OH is 1. The van der Waals surface area contributed by atoms with Crippen LogP contribution in [-0.2, 0) is 0 Å². The number of anilines is 1. The standard InChI is InChI=1S/C11H15FN2O3/c1-11(2,7-15)6-13-10-4-3-8(14(16)17)5-9(10)12/h3-5,13,15H,6-7H2,1-2H3. The first-order valence-corrected chi connectivity index (χ1v) is 5.14. The van der Waals surface area contributed by atoms with Gasteiger partial charge in [0, 0.05) is 24.6 Å². The van der Waals surface area contributed by atoms with Crippen LogP contribution in [0.1, 0.15) is 13.8 Å². The van der Waals surface area contributed by atoms with Gasteiger partial charge < -0.3 is 10.4 Å². The van der Waals surface area contributed by atoms with Gasteiger partial charge >= 0.3 is 0 Å². The molecule has 0 aliphatic rings. The monoisotopic (exact) mass is 242 g/mol. The summed E-state index contributed by atoms with van der Waals surface area (Å²) >= 11 is 0. The number of rotatable bonds is 5. The molecule has 0 saturated heterocycles. The summed E-state index contributed by atoms with van der Waals surface area (Å²) in [5.41, 5.74) is -0.472. The second-order valence-corrected chi connectivity index (χ2v) is 4.60. The smallest absolute Gasteiger partial charge is 0.272 e. The number of non-ortho nitro benzene ring substituents is 1. The second kappa shape index (κ2) is 5.09. The molecule has 6 heteroatoms. The third kappa shape index (κ3) is 3.67. The first kappa shape index (κ1) is 13.4. The molecular formula is C11H15FN2O3. The maximum absolute atomic E-state index is 13.5. The molecule has 0 unspecified atom stereocenters. The molecule has 0 atom stereocenters. The fraction of sp³-hybridized carbons (Fsp3) is 0.455. The van der Waals surface area contributed by atoms with E-state index in [0.717, 1.165) is 6.07 Å². The topological polar surface area (TPSA) is 75.4 Å². The molecule has 5 nitrogen and oxygen atoms in total. The molecule has 0 aliphatic carbocycles. The van der Waals surface area contributed by atoms with Crippen molar-refractivity contribution in [1.29, 1.82) is 0 Å². The molecule has 1 rings (SSSR count). The van der Waals surface area contributed by atoms with Gasteiger partial charge in [0.15, 0.2) is 5.82 Å². The van der Waals surface area contributed by atoms with Crippen molar-refractivity contribution in [2.45, 2.75) is 13.8 Å². The Kier molecular flexibility index (Phi) is 4.01. The van der Waals surface area contributed by atoms with Crippen molar-refractivity contribution in [1.82, 2.24) is 0 Å². The Hall–Kier alpha value is -1.69. The van der Waals surface area contributed by atoms with Gasteiger partial charge in [0.1, 0.15) is 0 Å². The predicted octanol–water partition coefficient (Wildman–Crippen LogP) is 2.16. The van der Waals surface area contributed by atoms with Crippen LogP contribution >= 0.6 is 0 Å². The highest BCUT2D eigenvalue weighted by Gasteiger charge is 2.17. The lowest BCUT2D eigenvalue weighted by molar-refractivity contribution is -0.385. The number of hydrogen-bond donors (Lipinski definition) is 2. The van der Waals surface area contributed by atoms with Crippen molar-refractivity contribution in [2.75, 3.05) is 18.5 Å². The number of nitrogens with one attached hydrogen (secondary N) is 1. The number of halogens is 1. The summed E-state index contributed by atoms with van der Waals surface area (Å²) in [6.07, 6.45) is 0. The zero-order valence-electron chi connectivity index (χ0n) is 9.74. The number of nitro benzene ring substituents is 1. The highest BCUT2D eigenvalue weighted by Crippen LogP contribution is 2.22. The summed E-state index contributed by atoms with van der Waals surface area (Å²) in [4.78, 5) is 9.77. The van der Waals surface area contributed by atoms with E-state index in [2.05, 4.69) is 5.32 Å². The number of benzene rings is 1. The lowest BCUT2D eigenvalue weighted by Gasteiger charge is -2.22. The zero-order valence-corrected chi connectivity index (χ0v) is 9.74. The third-order valence-corrected chi connectivity index (χ3v) is 2.35.